The number of alkyl halides is 3. The van der Waals surface area contributed by atoms with Gasteiger partial charge < -0.3 is 20.2 Å². The highest BCUT2D eigenvalue weighted by Crippen LogP contribution is 2.35. The molecule has 1 fully saturated rings. The molecular formula is C20H25F3N6O. The van der Waals surface area contributed by atoms with Crippen molar-refractivity contribution in [3.63, 3.8) is 0 Å². The van der Waals surface area contributed by atoms with Gasteiger partial charge >= 0.3 is 6.18 Å². The van der Waals surface area contributed by atoms with Crippen LogP contribution in [0.1, 0.15) is 44.5 Å². The molecule has 30 heavy (non-hydrogen) atoms. The first-order valence-electron chi connectivity index (χ1n) is 10.2. The van der Waals surface area contributed by atoms with Crippen LogP contribution in [0.3, 0.4) is 0 Å². The second kappa shape index (κ2) is 8.25. The van der Waals surface area contributed by atoms with Gasteiger partial charge in [-0.05, 0) is 31.7 Å². The standard InChI is InChI=1S/C20H25F3N6O/c1-12(30)24-9-7-17-28-16-10-26-19-15(6-8-25-19)18(16)29(17)14-4-2-13(3-5-14)27-11-20(21,22)23/h6,8,10,13-14,27H,2-5,7,9,11H2,1H3,(H,24,30)(H,25,26)/t13-,14-. The van der Waals surface area contributed by atoms with E-state index in [4.69, 9.17) is 4.98 Å². The zero-order valence-corrected chi connectivity index (χ0v) is 16.7. The van der Waals surface area contributed by atoms with Crippen molar-refractivity contribution in [3.05, 3.63) is 24.3 Å². The molecule has 3 aromatic heterocycles. The quantitative estimate of drug-likeness (QED) is 0.569. The normalized spacial score (nSPS) is 20.1. The second-order valence-corrected chi connectivity index (χ2v) is 7.86. The molecule has 0 aliphatic heterocycles. The van der Waals surface area contributed by atoms with Crippen LogP contribution in [0.5, 0.6) is 0 Å². The van der Waals surface area contributed by atoms with Gasteiger partial charge in [0.2, 0.25) is 5.91 Å². The van der Waals surface area contributed by atoms with Crippen molar-refractivity contribution in [3.8, 4) is 0 Å². The van der Waals surface area contributed by atoms with E-state index in [0.717, 1.165) is 40.7 Å². The lowest BCUT2D eigenvalue weighted by Gasteiger charge is -2.31. The van der Waals surface area contributed by atoms with Crippen LogP contribution in [0.4, 0.5) is 13.2 Å². The lowest BCUT2D eigenvalue weighted by atomic mass is 9.90. The summed E-state index contributed by atoms with van der Waals surface area (Å²) in [5, 5.41) is 6.42. The maximum absolute atomic E-state index is 12.5. The minimum atomic E-state index is -4.19. The monoisotopic (exact) mass is 422 g/mol. The first-order chi connectivity index (χ1) is 14.3. The fraction of sp³-hybridized carbons (Fsp3) is 0.550. The molecule has 0 atom stereocenters. The van der Waals surface area contributed by atoms with E-state index in [9.17, 15) is 18.0 Å². The van der Waals surface area contributed by atoms with Crippen LogP contribution in [0.15, 0.2) is 18.5 Å². The van der Waals surface area contributed by atoms with Gasteiger partial charge in [0.1, 0.15) is 17.0 Å². The molecule has 1 aliphatic carbocycles. The number of hydrogen-bond acceptors (Lipinski definition) is 4. The Balaban J connectivity index is 1.60. The first kappa shape index (κ1) is 20.6. The zero-order chi connectivity index (χ0) is 21.3. The summed E-state index contributed by atoms with van der Waals surface area (Å²) in [4.78, 5) is 23.6. The number of amides is 1. The molecule has 1 amide bonds. The summed E-state index contributed by atoms with van der Waals surface area (Å²) in [6.45, 7) is 1.00. The lowest BCUT2D eigenvalue weighted by molar-refractivity contribution is -0.126. The van der Waals surface area contributed by atoms with E-state index >= 15 is 0 Å². The Morgan fingerprint density at radius 3 is 2.77 bits per heavy atom. The molecule has 0 spiro atoms. The highest BCUT2D eigenvalue weighted by molar-refractivity contribution is 6.01. The maximum Gasteiger partial charge on any atom is 0.401 e. The molecule has 10 heteroatoms. The van der Waals surface area contributed by atoms with Gasteiger partial charge in [0.15, 0.2) is 0 Å². The Kier molecular flexibility index (Phi) is 5.68. The smallest absolute Gasteiger partial charge is 0.356 e. The van der Waals surface area contributed by atoms with Gasteiger partial charge in [0, 0.05) is 43.6 Å². The van der Waals surface area contributed by atoms with Gasteiger partial charge in [0.05, 0.1) is 18.3 Å². The van der Waals surface area contributed by atoms with Gasteiger partial charge in [-0.15, -0.1) is 0 Å². The van der Waals surface area contributed by atoms with E-state index in [1.165, 1.54) is 6.92 Å². The average Bonchev–Trinajstić information content (AvgIpc) is 3.29. The molecule has 162 valence electrons. The van der Waals surface area contributed by atoms with Crippen LogP contribution in [0.25, 0.3) is 22.1 Å². The van der Waals surface area contributed by atoms with E-state index in [2.05, 4.69) is 25.2 Å². The van der Waals surface area contributed by atoms with Crippen LogP contribution < -0.4 is 10.6 Å². The molecule has 1 saturated carbocycles. The summed E-state index contributed by atoms with van der Waals surface area (Å²) in [7, 11) is 0. The van der Waals surface area contributed by atoms with E-state index in [-0.39, 0.29) is 18.0 Å². The molecule has 0 saturated heterocycles. The van der Waals surface area contributed by atoms with Crippen LogP contribution in [-0.4, -0.2) is 50.7 Å². The van der Waals surface area contributed by atoms with E-state index < -0.39 is 12.7 Å². The molecule has 7 nitrogen and oxygen atoms in total. The Morgan fingerprint density at radius 1 is 1.30 bits per heavy atom. The summed E-state index contributed by atoms with van der Waals surface area (Å²) >= 11 is 0. The third kappa shape index (κ3) is 4.43. The van der Waals surface area contributed by atoms with Crippen LogP contribution in [0, 0.1) is 0 Å². The number of hydrogen-bond donors (Lipinski definition) is 3. The Bertz CT molecular complexity index is 1030. The fourth-order valence-corrected chi connectivity index (χ4v) is 4.36. The number of halogens is 3. The van der Waals surface area contributed by atoms with Gasteiger partial charge in [-0.25, -0.2) is 9.97 Å². The molecule has 3 N–H and O–H groups in total. The lowest BCUT2D eigenvalue weighted by Crippen LogP contribution is -2.39. The van der Waals surface area contributed by atoms with Crippen molar-refractivity contribution in [2.24, 2.45) is 0 Å². The van der Waals surface area contributed by atoms with E-state index in [1.807, 2.05) is 12.3 Å². The zero-order valence-electron chi connectivity index (χ0n) is 16.7. The first-order valence-corrected chi connectivity index (χ1v) is 10.2. The van der Waals surface area contributed by atoms with Crippen LogP contribution >= 0.6 is 0 Å². The Morgan fingerprint density at radius 2 is 2.07 bits per heavy atom. The molecular weight excluding hydrogens is 397 g/mol. The molecule has 3 heterocycles. The molecule has 0 unspecified atom stereocenters. The number of fused-ring (bicyclic) bond motifs is 3. The number of H-pyrrole nitrogens is 1. The van der Waals surface area contributed by atoms with Gasteiger partial charge in [-0.1, -0.05) is 0 Å². The summed E-state index contributed by atoms with van der Waals surface area (Å²) in [5.74, 6) is 0.768. The predicted molar refractivity (Wildman–Crippen MR) is 107 cm³/mol. The third-order valence-corrected chi connectivity index (χ3v) is 5.68. The highest BCUT2D eigenvalue weighted by atomic mass is 19.4. The molecule has 0 aromatic carbocycles. The van der Waals surface area contributed by atoms with Crippen molar-refractivity contribution in [1.29, 1.82) is 0 Å². The Hall–Kier alpha value is -2.62. The van der Waals surface area contributed by atoms with E-state index in [1.54, 1.807) is 6.20 Å². The van der Waals surface area contributed by atoms with Crippen LogP contribution in [0.2, 0.25) is 0 Å². The second-order valence-electron chi connectivity index (χ2n) is 7.86. The number of pyridine rings is 1. The number of nitrogens with zero attached hydrogens (tertiary/aromatic N) is 3. The minimum Gasteiger partial charge on any atom is -0.356 e. The summed E-state index contributed by atoms with van der Waals surface area (Å²) < 4.78 is 39.8. The van der Waals surface area contributed by atoms with Gasteiger partial charge in [-0.2, -0.15) is 13.2 Å². The largest absolute Gasteiger partial charge is 0.401 e. The number of rotatable bonds is 6. The van der Waals surface area contributed by atoms with Crippen LogP contribution in [-0.2, 0) is 11.2 Å². The summed E-state index contributed by atoms with van der Waals surface area (Å²) in [6, 6.07) is 1.98. The van der Waals surface area contributed by atoms with E-state index in [0.29, 0.717) is 25.8 Å². The highest BCUT2D eigenvalue weighted by Gasteiger charge is 2.31. The molecule has 1 aliphatic rings. The van der Waals surface area contributed by atoms with Gasteiger partial charge in [0.25, 0.3) is 0 Å². The fourth-order valence-electron chi connectivity index (χ4n) is 4.36. The van der Waals surface area contributed by atoms with Gasteiger partial charge in [-0.3, -0.25) is 4.79 Å². The molecule has 0 radical (unpaired) electrons. The number of imidazole rings is 1. The number of carbonyl (C=O) groups is 1. The predicted octanol–water partition coefficient (Wildman–Crippen LogP) is 3.23. The molecule has 0 bridgehead atoms. The van der Waals surface area contributed by atoms with Crippen molar-refractivity contribution >= 4 is 28.0 Å². The molecule has 3 aromatic rings. The summed E-state index contributed by atoms with van der Waals surface area (Å²) in [6.07, 6.45) is 2.84. The van der Waals surface area contributed by atoms with Crippen molar-refractivity contribution in [2.45, 2.75) is 57.3 Å². The minimum absolute atomic E-state index is 0.0939. The number of aromatic nitrogens is 4. The van der Waals surface area contributed by atoms with Crippen molar-refractivity contribution < 1.29 is 18.0 Å². The number of carbonyl (C=O) groups excluding carboxylic acids is 1. The number of nitrogens with one attached hydrogen (secondary N) is 3. The maximum atomic E-state index is 12.5. The molecule has 4 rings (SSSR count). The SMILES string of the molecule is CC(=O)NCCc1nc2cnc3[nH]ccc3c2n1[C@H]1CC[C@H](NCC(F)(F)F)CC1. The third-order valence-electron chi connectivity index (χ3n) is 5.68. The average molecular weight is 422 g/mol. The summed E-state index contributed by atoms with van der Waals surface area (Å²) in [5.41, 5.74) is 2.56. The number of aromatic amines is 1. The van der Waals surface area contributed by atoms with Crippen molar-refractivity contribution in [1.82, 2.24) is 30.2 Å². The topological polar surface area (TPSA) is 87.6 Å². The Labute approximate surface area is 171 Å². The van der Waals surface area contributed by atoms with Crippen molar-refractivity contribution in [2.75, 3.05) is 13.1 Å².